The van der Waals surface area contributed by atoms with Crippen molar-refractivity contribution in [2.45, 2.75) is 6.54 Å². The second kappa shape index (κ2) is 11.3. The maximum atomic E-state index is 12.6. The summed E-state index contributed by atoms with van der Waals surface area (Å²) in [6, 6.07) is 22.6. The molecule has 33 heavy (non-hydrogen) atoms. The lowest BCUT2D eigenvalue weighted by Crippen LogP contribution is -2.28. The molecule has 6 nitrogen and oxygen atoms in total. The summed E-state index contributed by atoms with van der Waals surface area (Å²) in [7, 11) is 7.94. The quantitative estimate of drug-likeness (QED) is 0.529. The highest BCUT2D eigenvalue weighted by atomic mass is 16.5. The molecule has 3 aromatic carbocycles. The van der Waals surface area contributed by atoms with E-state index in [0.717, 1.165) is 42.1 Å². The number of nitrogens with one attached hydrogen (secondary N) is 1. The van der Waals surface area contributed by atoms with Gasteiger partial charge in [-0.25, -0.2) is 0 Å². The SMILES string of the molecule is COc1ccc(-c2cccc(NC(=O)c3ccc(C#N)cc3)c2)cc1CN(C)CCN(C)C. The Balaban J connectivity index is 1.78. The molecule has 0 radical (unpaired) electrons. The molecular weight excluding hydrogens is 412 g/mol. The predicted octanol–water partition coefficient (Wildman–Crippen LogP) is 4.48. The first kappa shape index (κ1) is 24.0. The molecule has 0 aliphatic carbocycles. The highest BCUT2D eigenvalue weighted by Gasteiger charge is 2.11. The maximum absolute atomic E-state index is 12.6. The van der Waals surface area contributed by atoms with Crippen LogP contribution in [-0.4, -0.2) is 57.0 Å². The van der Waals surface area contributed by atoms with Crippen molar-refractivity contribution < 1.29 is 9.53 Å². The molecule has 0 bridgehead atoms. The van der Waals surface area contributed by atoms with Gasteiger partial charge in [0, 0.05) is 36.4 Å². The summed E-state index contributed by atoms with van der Waals surface area (Å²) < 4.78 is 5.59. The van der Waals surface area contributed by atoms with E-state index in [1.54, 1.807) is 31.4 Å². The van der Waals surface area contributed by atoms with Crippen LogP contribution in [0, 0.1) is 11.3 Å². The Morgan fingerprint density at radius 2 is 1.70 bits per heavy atom. The molecule has 0 unspecified atom stereocenters. The molecule has 3 aromatic rings. The number of nitriles is 1. The zero-order valence-corrected chi connectivity index (χ0v) is 19.6. The maximum Gasteiger partial charge on any atom is 0.255 e. The first-order valence-corrected chi connectivity index (χ1v) is 10.8. The second-order valence-corrected chi connectivity index (χ2v) is 8.29. The van der Waals surface area contributed by atoms with Gasteiger partial charge in [-0.15, -0.1) is 0 Å². The topological polar surface area (TPSA) is 68.6 Å². The molecule has 6 heteroatoms. The third-order valence-electron chi connectivity index (χ3n) is 5.38. The number of methoxy groups -OCH3 is 1. The number of carbonyl (C=O) groups excluding carboxylic acids is 1. The van der Waals surface area contributed by atoms with Crippen molar-refractivity contribution in [3.8, 4) is 22.9 Å². The fourth-order valence-electron chi connectivity index (χ4n) is 3.50. The van der Waals surface area contributed by atoms with E-state index in [-0.39, 0.29) is 5.91 Å². The van der Waals surface area contributed by atoms with Crippen LogP contribution in [-0.2, 0) is 6.54 Å². The van der Waals surface area contributed by atoms with Crippen LogP contribution < -0.4 is 10.1 Å². The van der Waals surface area contributed by atoms with Gasteiger partial charge < -0.3 is 19.9 Å². The summed E-state index contributed by atoms with van der Waals surface area (Å²) in [5.74, 6) is 0.648. The van der Waals surface area contributed by atoms with Crippen LogP contribution in [0.3, 0.4) is 0 Å². The number of carbonyl (C=O) groups is 1. The number of amides is 1. The van der Waals surface area contributed by atoms with Crippen LogP contribution in [0.5, 0.6) is 5.75 Å². The zero-order chi connectivity index (χ0) is 23.8. The van der Waals surface area contributed by atoms with Gasteiger partial charge >= 0.3 is 0 Å². The molecule has 0 aromatic heterocycles. The number of nitrogens with zero attached hydrogens (tertiary/aromatic N) is 3. The molecule has 0 spiro atoms. The van der Waals surface area contributed by atoms with E-state index in [9.17, 15) is 4.79 Å². The molecular formula is C27H30N4O2. The average Bonchev–Trinajstić information content (AvgIpc) is 2.83. The van der Waals surface area contributed by atoms with Crippen LogP contribution >= 0.6 is 0 Å². The van der Waals surface area contributed by atoms with E-state index in [2.05, 4.69) is 48.4 Å². The molecule has 0 fully saturated rings. The second-order valence-electron chi connectivity index (χ2n) is 8.29. The van der Waals surface area contributed by atoms with Crippen molar-refractivity contribution in [1.29, 1.82) is 5.26 Å². The molecule has 1 amide bonds. The number of ether oxygens (including phenoxy) is 1. The molecule has 0 aliphatic rings. The van der Waals surface area contributed by atoms with Gasteiger partial charge in [0.2, 0.25) is 0 Å². The summed E-state index contributed by atoms with van der Waals surface area (Å²) in [5, 5.41) is 11.9. The molecule has 0 saturated carbocycles. The largest absolute Gasteiger partial charge is 0.496 e. The number of hydrogen-bond acceptors (Lipinski definition) is 5. The number of anilines is 1. The lowest BCUT2D eigenvalue weighted by atomic mass is 10.0. The summed E-state index contributed by atoms with van der Waals surface area (Å²) in [4.78, 5) is 17.1. The van der Waals surface area contributed by atoms with Crippen molar-refractivity contribution in [3.05, 3.63) is 83.4 Å². The van der Waals surface area contributed by atoms with E-state index in [1.807, 2.05) is 36.4 Å². The Bertz CT molecular complexity index is 1130. The van der Waals surface area contributed by atoms with E-state index in [1.165, 1.54) is 0 Å². The minimum atomic E-state index is -0.213. The first-order valence-electron chi connectivity index (χ1n) is 10.8. The van der Waals surface area contributed by atoms with Gasteiger partial charge in [0.1, 0.15) is 5.75 Å². The van der Waals surface area contributed by atoms with Crippen molar-refractivity contribution >= 4 is 11.6 Å². The molecule has 0 heterocycles. The Labute approximate surface area is 196 Å². The minimum Gasteiger partial charge on any atom is -0.496 e. The van der Waals surface area contributed by atoms with Crippen LogP contribution in [0.25, 0.3) is 11.1 Å². The minimum absolute atomic E-state index is 0.213. The fourth-order valence-corrected chi connectivity index (χ4v) is 3.50. The summed E-state index contributed by atoms with van der Waals surface area (Å²) >= 11 is 0. The Kier molecular flexibility index (Phi) is 8.20. The van der Waals surface area contributed by atoms with E-state index in [0.29, 0.717) is 16.8 Å². The third-order valence-corrected chi connectivity index (χ3v) is 5.38. The van der Waals surface area contributed by atoms with Crippen LogP contribution in [0.4, 0.5) is 5.69 Å². The first-order chi connectivity index (χ1) is 15.9. The zero-order valence-electron chi connectivity index (χ0n) is 19.6. The number of likely N-dealkylation sites (N-methyl/N-ethyl adjacent to an activating group) is 2. The molecule has 170 valence electrons. The van der Waals surface area contributed by atoms with Crippen molar-refractivity contribution in [3.63, 3.8) is 0 Å². The fraction of sp³-hybridized carbons (Fsp3) is 0.259. The van der Waals surface area contributed by atoms with Crippen molar-refractivity contribution in [1.82, 2.24) is 9.80 Å². The predicted molar refractivity (Wildman–Crippen MR) is 132 cm³/mol. The van der Waals surface area contributed by atoms with Gasteiger partial charge in [-0.3, -0.25) is 4.79 Å². The van der Waals surface area contributed by atoms with Gasteiger partial charge in [-0.1, -0.05) is 18.2 Å². The van der Waals surface area contributed by atoms with E-state index in [4.69, 9.17) is 10.00 Å². The van der Waals surface area contributed by atoms with E-state index >= 15 is 0 Å². The van der Waals surface area contributed by atoms with Crippen LogP contribution in [0.2, 0.25) is 0 Å². The molecule has 0 aliphatic heterocycles. The van der Waals surface area contributed by atoms with Gasteiger partial charge in [0.05, 0.1) is 18.7 Å². The lowest BCUT2D eigenvalue weighted by molar-refractivity contribution is 0.102. The number of rotatable bonds is 9. The molecule has 0 atom stereocenters. The number of benzene rings is 3. The summed E-state index contributed by atoms with van der Waals surface area (Å²) in [6.45, 7) is 2.72. The highest BCUT2D eigenvalue weighted by molar-refractivity contribution is 6.04. The summed E-state index contributed by atoms with van der Waals surface area (Å²) in [5.41, 5.74) is 4.92. The van der Waals surface area contributed by atoms with Gasteiger partial charge in [0.25, 0.3) is 5.91 Å². The van der Waals surface area contributed by atoms with Crippen LogP contribution in [0.1, 0.15) is 21.5 Å². The van der Waals surface area contributed by atoms with Crippen LogP contribution in [0.15, 0.2) is 66.7 Å². The normalized spacial score (nSPS) is 10.8. The lowest BCUT2D eigenvalue weighted by Gasteiger charge is -2.21. The monoisotopic (exact) mass is 442 g/mol. The van der Waals surface area contributed by atoms with Gasteiger partial charge in [-0.2, -0.15) is 5.26 Å². The van der Waals surface area contributed by atoms with Crippen molar-refractivity contribution in [2.75, 3.05) is 46.7 Å². The van der Waals surface area contributed by atoms with Gasteiger partial charge in [0.15, 0.2) is 0 Å². The number of hydrogen-bond donors (Lipinski definition) is 1. The Hall–Kier alpha value is -3.66. The standard InChI is InChI=1S/C27H30N4O2/c1-30(2)14-15-31(3)19-24-16-23(12-13-26(24)33-4)22-6-5-7-25(17-22)29-27(32)21-10-8-20(18-28)9-11-21/h5-13,16-17H,14-15,19H2,1-4H3,(H,29,32). The molecule has 1 N–H and O–H groups in total. The average molecular weight is 443 g/mol. The summed E-state index contributed by atoms with van der Waals surface area (Å²) in [6.07, 6.45) is 0. The van der Waals surface area contributed by atoms with E-state index < -0.39 is 0 Å². The Morgan fingerprint density at radius 1 is 0.970 bits per heavy atom. The van der Waals surface area contributed by atoms with Gasteiger partial charge in [-0.05, 0) is 80.8 Å². The Morgan fingerprint density at radius 3 is 2.36 bits per heavy atom. The third kappa shape index (κ3) is 6.66. The van der Waals surface area contributed by atoms with Crippen molar-refractivity contribution in [2.24, 2.45) is 0 Å². The molecule has 3 rings (SSSR count). The highest BCUT2D eigenvalue weighted by Crippen LogP contribution is 2.29. The molecule has 0 saturated heterocycles. The smallest absolute Gasteiger partial charge is 0.255 e.